The third-order valence-corrected chi connectivity index (χ3v) is 1.79. The lowest BCUT2D eigenvalue weighted by Crippen LogP contribution is -2.36. The van der Waals surface area contributed by atoms with Gasteiger partial charge in [0, 0.05) is 31.5 Å². The maximum Gasteiger partial charge on any atom is 0.221 e. The van der Waals surface area contributed by atoms with Gasteiger partial charge in [-0.2, -0.15) is 0 Å². The quantitative estimate of drug-likeness (QED) is 0.538. The van der Waals surface area contributed by atoms with Crippen LogP contribution in [0.5, 0.6) is 0 Å². The molecule has 0 aromatic carbocycles. The van der Waals surface area contributed by atoms with Crippen molar-refractivity contribution < 1.29 is 9.90 Å². The van der Waals surface area contributed by atoms with E-state index in [0.717, 1.165) is 0 Å². The summed E-state index contributed by atoms with van der Waals surface area (Å²) in [5.74, 6) is 0.0240. The summed E-state index contributed by atoms with van der Waals surface area (Å²) in [6.07, 6.45) is 0.484. The topological polar surface area (TPSA) is 61.4 Å². The Morgan fingerprint density at radius 2 is 2.08 bits per heavy atom. The Labute approximate surface area is 79.7 Å². The van der Waals surface area contributed by atoms with Crippen molar-refractivity contribution in [3.63, 3.8) is 0 Å². The number of aliphatic hydroxyl groups excluding tert-OH is 1. The molecule has 0 aliphatic heterocycles. The van der Waals surface area contributed by atoms with Crippen molar-refractivity contribution >= 4 is 5.91 Å². The van der Waals surface area contributed by atoms with Gasteiger partial charge < -0.3 is 15.7 Å². The van der Waals surface area contributed by atoms with Gasteiger partial charge in [0.2, 0.25) is 5.91 Å². The van der Waals surface area contributed by atoms with E-state index in [2.05, 4.69) is 10.6 Å². The van der Waals surface area contributed by atoms with Gasteiger partial charge in [-0.3, -0.25) is 4.79 Å². The van der Waals surface area contributed by atoms with Crippen LogP contribution in [0, 0.1) is 5.41 Å². The molecule has 0 atom stereocenters. The number of hydrogen-bond donors (Lipinski definition) is 3. The predicted octanol–water partition coefficient (Wildman–Crippen LogP) is -0.269. The highest BCUT2D eigenvalue weighted by Gasteiger charge is 2.16. The van der Waals surface area contributed by atoms with Crippen LogP contribution in [0.2, 0.25) is 0 Å². The lowest BCUT2D eigenvalue weighted by Gasteiger charge is -2.21. The van der Waals surface area contributed by atoms with E-state index >= 15 is 0 Å². The van der Waals surface area contributed by atoms with Crippen LogP contribution in [0.15, 0.2) is 0 Å². The molecule has 0 rings (SSSR count). The molecule has 0 saturated carbocycles. The van der Waals surface area contributed by atoms with Crippen molar-refractivity contribution in [2.45, 2.75) is 20.3 Å². The molecule has 0 saturated heterocycles. The van der Waals surface area contributed by atoms with Crippen molar-refractivity contribution in [3.8, 4) is 0 Å². The monoisotopic (exact) mass is 188 g/mol. The molecule has 0 heterocycles. The molecular formula is C9H20N2O2. The summed E-state index contributed by atoms with van der Waals surface area (Å²) < 4.78 is 0. The maximum atomic E-state index is 11.1. The fourth-order valence-electron chi connectivity index (χ4n) is 0.721. The fourth-order valence-corrected chi connectivity index (χ4v) is 0.721. The first-order valence-corrected chi connectivity index (χ1v) is 4.54. The summed E-state index contributed by atoms with van der Waals surface area (Å²) in [7, 11) is 1.81. The molecule has 4 nitrogen and oxygen atoms in total. The highest BCUT2D eigenvalue weighted by atomic mass is 16.3. The molecule has 3 N–H and O–H groups in total. The van der Waals surface area contributed by atoms with Gasteiger partial charge in [-0.05, 0) is 7.05 Å². The number of carbonyl (C=O) groups is 1. The summed E-state index contributed by atoms with van der Waals surface area (Å²) in [4.78, 5) is 11.1. The highest BCUT2D eigenvalue weighted by Crippen LogP contribution is 2.10. The van der Waals surface area contributed by atoms with Crippen LogP contribution in [0.3, 0.4) is 0 Å². The second-order valence-electron chi connectivity index (χ2n) is 3.95. The van der Waals surface area contributed by atoms with Crippen LogP contribution >= 0.6 is 0 Å². The van der Waals surface area contributed by atoms with Gasteiger partial charge >= 0.3 is 0 Å². The van der Waals surface area contributed by atoms with E-state index < -0.39 is 0 Å². The lowest BCUT2D eigenvalue weighted by atomic mass is 9.95. The third-order valence-electron chi connectivity index (χ3n) is 1.79. The van der Waals surface area contributed by atoms with Crippen LogP contribution in [-0.2, 0) is 4.79 Å². The van der Waals surface area contributed by atoms with E-state index in [1.807, 2.05) is 20.9 Å². The Bertz CT molecular complexity index is 158. The van der Waals surface area contributed by atoms with E-state index in [0.29, 0.717) is 19.5 Å². The van der Waals surface area contributed by atoms with E-state index in [4.69, 9.17) is 5.11 Å². The van der Waals surface area contributed by atoms with Gasteiger partial charge in [-0.25, -0.2) is 0 Å². The minimum absolute atomic E-state index is 0.0240. The minimum atomic E-state index is -0.227. The predicted molar refractivity (Wildman–Crippen MR) is 52.4 cm³/mol. The molecule has 78 valence electrons. The molecule has 0 radical (unpaired) electrons. The van der Waals surface area contributed by atoms with E-state index in [9.17, 15) is 4.79 Å². The second kappa shape index (κ2) is 5.94. The first-order chi connectivity index (χ1) is 6.02. The highest BCUT2D eigenvalue weighted by molar-refractivity contribution is 5.76. The molecular weight excluding hydrogens is 168 g/mol. The summed E-state index contributed by atoms with van der Waals surface area (Å²) in [6.45, 7) is 5.10. The molecule has 0 fully saturated rings. The van der Waals surface area contributed by atoms with Crippen molar-refractivity contribution in [1.82, 2.24) is 10.6 Å². The zero-order chi connectivity index (χ0) is 10.3. The Kier molecular flexibility index (Phi) is 5.66. The molecule has 0 spiro atoms. The molecule has 0 unspecified atom stereocenters. The fraction of sp³-hybridized carbons (Fsp3) is 0.889. The van der Waals surface area contributed by atoms with Gasteiger partial charge in [-0.15, -0.1) is 0 Å². The van der Waals surface area contributed by atoms with E-state index in [-0.39, 0.29) is 17.9 Å². The molecule has 0 aromatic rings. The van der Waals surface area contributed by atoms with Crippen LogP contribution < -0.4 is 10.6 Å². The van der Waals surface area contributed by atoms with Crippen molar-refractivity contribution in [2.75, 3.05) is 26.7 Å². The summed E-state index contributed by atoms with van der Waals surface area (Å²) in [5, 5.41) is 14.6. The number of aliphatic hydroxyl groups is 1. The molecule has 1 amide bonds. The van der Waals surface area contributed by atoms with Gasteiger partial charge in [0.05, 0.1) is 0 Å². The number of nitrogens with one attached hydrogen (secondary N) is 2. The second-order valence-corrected chi connectivity index (χ2v) is 3.95. The smallest absolute Gasteiger partial charge is 0.221 e. The van der Waals surface area contributed by atoms with Crippen molar-refractivity contribution in [2.24, 2.45) is 5.41 Å². The Morgan fingerprint density at radius 3 is 2.54 bits per heavy atom. The van der Waals surface area contributed by atoms with Crippen molar-refractivity contribution in [3.05, 3.63) is 0 Å². The summed E-state index contributed by atoms with van der Waals surface area (Å²) >= 11 is 0. The van der Waals surface area contributed by atoms with E-state index in [1.54, 1.807) is 0 Å². The SMILES string of the molecule is CNCCC(=O)NCC(C)(C)CO. The van der Waals surface area contributed by atoms with Crippen LogP contribution in [0.25, 0.3) is 0 Å². The van der Waals surface area contributed by atoms with Gasteiger partial charge in [0.15, 0.2) is 0 Å². The average Bonchev–Trinajstić information content (AvgIpc) is 2.11. The normalized spacial score (nSPS) is 11.4. The number of carbonyl (C=O) groups excluding carboxylic acids is 1. The zero-order valence-electron chi connectivity index (χ0n) is 8.68. The molecule has 13 heavy (non-hydrogen) atoms. The number of amides is 1. The number of rotatable bonds is 6. The van der Waals surface area contributed by atoms with Crippen LogP contribution in [0.4, 0.5) is 0 Å². The van der Waals surface area contributed by atoms with Crippen LogP contribution in [-0.4, -0.2) is 37.8 Å². The molecule has 0 aromatic heterocycles. The Morgan fingerprint density at radius 1 is 1.46 bits per heavy atom. The first kappa shape index (κ1) is 12.4. The van der Waals surface area contributed by atoms with Gasteiger partial charge in [0.1, 0.15) is 0 Å². The average molecular weight is 188 g/mol. The molecule has 0 aliphatic carbocycles. The zero-order valence-corrected chi connectivity index (χ0v) is 8.68. The standard InChI is InChI=1S/C9H20N2O2/c1-9(2,7-12)6-11-8(13)4-5-10-3/h10,12H,4-7H2,1-3H3,(H,11,13). The molecule has 0 aliphatic rings. The van der Waals surface area contributed by atoms with Gasteiger partial charge in [-0.1, -0.05) is 13.8 Å². The third kappa shape index (κ3) is 6.54. The van der Waals surface area contributed by atoms with E-state index in [1.165, 1.54) is 0 Å². The van der Waals surface area contributed by atoms with Crippen LogP contribution in [0.1, 0.15) is 20.3 Å². The number of hydrogen-bond acceptors (Lipinski definition) is 3. The molecule has 4 heteroatoms. The molecule has 0 bridgehead atoms. The Balaban J connectivity index is 3.57. The largest absolute Gasteiger partial charge is 0.396 e. The minimum Gasteiger partial charge on any atom is -0.396 e. The first-order valence-electron chi connectivity index (χ1n) is 4.54. The van der Waals surface area contributed by atoms with Crippen molar-refractivity contribution in [1.29, 1.82) is 0 Å². The Hall–Kier alpha value is -0.610. The summed E-state index contributed by atoms with van der Waals surface area (Å²) in [5.41, 5.74) is -0.227. The lowest BCUT2D eigenvalue weighted by molar-refractivity contribution is -0.121. The maximum absolute atomic E-state index is 11.1. The van der Waals surface area contributed by atoms with Gasteiger partial charge in [0.25, 0.3) is 0 Å². The summed E-state index contributed by atoms with van der Waals surface area (Å²) in [6, 6.07) is 0.